The van der Waals surface area contributed by atoms with Crippen molar-refractivity contribution in [2.24, 2.45) is 0 Å². The molecule has 0 radical (unpaired) electrons. The van der Waals surface area contributed by atoms with E-state index in [9.17, 15) is 4.79 Å². The monoisotopic (exact) mass is 323 g/mol. The second kappa shape index (κ2) is 5.41. The highest BCUT2D eigenvalue weighted by molar-refractivity contribution is 6.30. The highest BCUT2D eigenvalue weighted by Crippen LogP contribution is 2.34. The van der Waals surface area contributed by atoms with Gasteiger partial charge in [-0.2, -0.15) is 0 Å². The largest absolute Gasteiger partial charge is 0.480 e. The summed E-state index contributed by atoms with van der Waals surface area (Å²) in [4.78, 5) is 14.5. The Labute approximate surface area is 134 Å². The number of fused-ring (bicyclic) bond motifs is 1. The summed E-state index contributed by atoms with van der Waals surface area (Å²) in [5.74, 6) is 0.350. The van der Waals surface area contributed by atoms with Crippen LogP contribution >= 0.6 is 11.6 Å². The zero-order chi connectivity index (χ0) is 15.2. The van der Waals surface area contributed by atoms with Crippen LogP contribution in [-0.2, 0) is 20.7 Å². The van der Waals surface area contributed by atoms with Gasteiger partial charge in [0.2, 0.25) is 0 Å². The summed E-state index contributed by atoms with van der Waals surface area (Å²) >= 11 is 5.99. The van der Waals surface area contributed by atoms with Crippen molar-refractivity contribution in [1.29, 1.82) is 0 Å². The van der Waals surface area contributed by atoms with Crippen molar-refractivity contribution < 1.29 is 19.0 Å². The van der Waals surface area contributed by atoms with Gasteiger partial charge in [-0.05, 0) is 23.8 Å². The number of rotatable bonds is 1. The molecule has 0 aromatic heterocycles. The maximum atomic E-state index is 12.6. The first-order valence-corrected chi connectivity index (χ1v) is 8.05. The van der Waals surface area contributed by atoms with Crippen molar-refractivity contribution in [3.05, 3.63) is 28.8 Å². The molecule has 2 fully saturated rings. The summed E-state index contributed by atoms with van der Waals surface area (Å²) < 4.78 is 17.2. The first-order chi connectivity index (χ1) is 10.7. The molecule has 6 heteroatoms. The van der Waals surface area contributed by atoms with Crippen molar-refractivity contribution in [2.75, 3.05) is 26.3 Å². The van der Waals surface area contributed by atoms with Crippen LogP contribution in [0.25, 0.3) is 0 Å². The maximum absolute atomic E-state index is 12.6. The summed E-state index contributed by atoms with van der Waals surface area (Å²) in [5, 5.41) is 0.672. The van der Waals surface area contributed by atoms with Crippen molar-refractivity contribution >= 4 is 17.5 Å². The van der Waals surface area contributed by atoms with Crippen LogP contribution in [0.1, 0.15) is 18.4 Å². The van der Waals surface area contributed by atoms with Crippen molar-refractivity contribution in [1.82, 2.24) is 4.90 Å². The third-order valence-corrected chi connectivity index (χ3v) is 4.86. The van der Waals surface area contributed by atoms with E-state index in [1.54, 1.807) is 6.07 Å². The quantitative estimate of drug-likeness (QED) is 0.793. The van der Waals surface area contributed by atoms with Gasteiger partial charge in [0.1, 0.15) is 5.75 Å². The Bertz CT molecular complexity index is 590. The number of hydrogen-bond donors (Lipinski definition) is 0. The lowest BCUT2D eigenvalue weighted by Crippen LogP contribution is -2.50. The predicted molar refractivity (Wildman–Crippen MR) is 80.0 cm³/mol. The maximum Gasteiger partial charge on any atom is 0.264 e. The van der Waals surface area contributed by atoms with Crippen molar-refractivity contribution in [3.8, 4) is 5.75 Å². The lowest BCUT2D eigenvalue weighted by atomic mass is 10.0. The van der Waals surface area contributed by atoms with Gasteiger partial charge in [-0.3, -0.25) is 4.79 Å². The number of piperidine rings is 1. The molecule has 22 heavy (non-hydrogen) atoms. The number of carbonyl (C=O) groups is 1. The molecule has 1 unspecified atom stereocenters. The molecule has 118 valence electrons. The molecule has 1 amide bonds. The Morgan fingerprint density at radius 3 is 2.68 bits per heavy atom. The fourth-order valence-electron chi connectivity index (χ4n) is 3.41. The Kier molecular flexibility index (Phi) is 3.51. The molecular weight excluding hydrogens is 306 g/mol. The van der Waals surface area contributed by atoms with Gasteiger partial charge >= 0.3 is 0 Å². The van der Waals surface area contributed by atoms with E-state index in [1.807, 2.05) is 17.0 Å². The van der Waals surface area contributed by atoms with E-state index < -0.39 is 11.9 Å². The second-order valence-electron chi connectivity index (χ2n) is 6.00. The number of halogens is 1. The second-order valence-corrected chi connectivity index (χ2v) is 6.43. The fourth-order valence-corrected chi connectivity index (χ4v) is 3.61. The third-order valence-electron chi connectivity index (χ3n) is 4.62. The molecule has 1 spiro atoms. The number of nitrogens with zero attached hydrogens (tertiary/aromatic N) is 1. The van der Waals surface area contributed by atoms with Gasteiger partial charge in [0.25, 0.3) is 5.91 Å². The predicted octanol–water partition coefficient (Wildman–Crippen LogP) is 2.01. The molecule has 1 aromatic carbocycles. The van der Waals surface area contributed by atoms with Crippen molar-refractivity contribution in [3.63, 3.8) is 0 Å². The molecule has 3 aliphatic heterocycles. The first kappa shape index (κ1) is 14.3. The molecule has 3 heterocycles. The SMILES string of the molecule is O=C(C1Cc2cc(Cl)ccc2O1)N1CCC2(CC1)OCCO2. The van der Waals surface area contributed by atoms with E-state index in [-0.39, 0.29) is 5.91 Å². The van der Waals surface area contributed by atoms with Gasteiger partial charge in [-0.25, -0.2) is 0 Å². The Hall–Kier alpha value is -1.30. The third kappa shape index (κ3) is 2.47. The van der Waals surface area contributed by atoms with E-state index in [1.165, 1.54) is 0 Å². The van der Waals surface area contributed by atoms with Gasteiger partial charge in [0.05, 0.1) is 13.2 Å². The summed E-state index contributed by atoms with van der Waals surface area (Å²) in [6, 6.07) is 5.48. The zero-order valence-electron chi connectivity index (χ0n) is 12.2. The summed E-state index contributed by atoms with van der Waals surface area (Å²) in [7, 11) is 0. The van der Waals surface area contributed by atoms with Gasteiger partial charge in [0.15, 0.2) is 11.9 Å². The van der Waals surface area contributed by atoms with Crippen LogP contribution in [0.15, 0.2) is 18.2 Å². The smallest absolute Gasteiger partial charge is 0.264 e. The Morgan fingerprint density at radius 1 is 1.23 bits per heavy atom. The highest BCUT2D eigenvalue weighted by atomic mass is 35.5. The molecule has 1 atom stereocenters. The van der Waals surface area contributed by atoms with Crippen LogP contribution in [0.4, 0.5) is 0 Å². The minimum absolute atomic E-state index is 0.0418. The number of ether oxygens (including phenoxy) is 3. The van der Waals surface area contributed by atoms with E-state index in [2.05, 4.69) is 0 Å². The van der Waals surface area contributed by atoms with Crippen LogP contribution in [-0.4, -0.2) is 49.0 Å². The molecular formula is C16H18ClNO4. The van der Waals surface area contributed by atoms with Crippen molar-refractivity contribution in [2.45, 2.75) is 31.2 Å². The van der Waals surface area contributed by atoms with Crippen LogP contribution < -0.4 is 4.74 Å². The van der Waals surface area contributed by atoms with E-state index in [4.69, 9.17) is 25.8 Å². The number of hydrogen-bond acceptors (Lipinski definition) is 4. The van der Waals surface area contributed by atoms with Crippen LogP contribution in [0.3, 0.4) is 0 Å². The fraction of sp³-hybridized carbons (Fsp3) is 0.562. The van der Waals surface area contributed by atoms with E-state index >= 15 is 0 Å². The first-order valence-electron chi connectivity index (χ1n) is 7.67. The minimum Gasteiger partial charge on any atom is -0.480 e. The number of likely N-dealkylation sites (tertiary alicyclic amines) is 1. The summed E-state index contributed by atoms with van der Waals surface area (Å²) in [6.45, 7) is 2.59. The summed E-state index contributed by atoms with van der Waals surface area (Å²) in [6.07, 6.45) is 1.60. The molecule has 4 rings (SSSR count). The Balaban J connectivity index is 1.39. The number of carbonyl (C=O) groups excluding carboxylic acids is 1. The molecule has 0 N–H and O–H groups in total. The zero-order valence-corrected chi connectivity index (χ0v) is 13.0. The Morgan fingerprint density at radius 2 is 1.95 bits per heavy atom. The summed E-state index contributed by atoms with van der Waals surface area (Å²) in [5.41, 5.74) is 1.00. The minimum atomic E-state index is -0.455. The standard InChI is InChI=1S/C16H18ClNO4/c17-12-1-2-13-11(9-12)10-14(22-13)15(19)18-5-3-16(4-6-18)20-7-8-21-16/h1-2,9,14H,3-8,10H2. The average molecular weight is 324 g/mol. The number of amides is 1. The number of benzene rings is 1. The normalized spacial score (nSPS) is 26.0. The average Bonchev–Trinajstić information content (AvgIpc) is 3.14. The molecule has 5 nitrogen and oxygen atoms in total. The van der Waals surface area contributed by atoms with E-state index in [0.717, 1.165) is 24.2 Å². The molecule has 0 aliphatic carbocycles. The van der Waals surface area contributed by atoms with Gasteiger partial charge in [-0.15, -0.1) is 0 Å². The molecule has 2 saturated heterocycles. The van der Waals surface area contributed by atoms with Crippen LogP contribution in [0.5, 0.6) is 5.75 Å². The molecule has 1 aromatic rings. The van der Waals surface area contributed by atoms with Crippen LogP contribution in [0.2, 0.25) is 5.02 Å². The van der Waals surface area contributed by atoms with Gasteiger partial charge in [0, 0.05) is 37.4 Å². The van der Waals surface area contributed by atoms with Gasteiger partial charge in [-0.1, -0.05) is 11.6 Å². The highest BCUT2D eigenvalue weighted by Gasteiger charge is 2.42. The molecule has 0 bridgehead atoms. The van der Waals surface area contributed by atoms with Gasteiger partial charge < -0.3 is 19.1 Å². The topological polar surface area (TPSA) is 48.0 Å². The lowest BCUT2D eigenvalue weighted by molar-refractivity contribution is -0.188. The van der Waals surface area contributed by atoms with Crippen LogP contribution in [0, 0.1) is 0 Å². The molecule has 3 aliphatic rings. The molecule has 0 saturated carbocycles. The van der Waals surface area contributed by atoms with E-state index in [0.29, 0.717) is 37.7 Å². The lowest BCUT2D eigenvalue weighted by Gasteiger charge is -2.38.